The number of furan rings is 1. The first-order valence-corrected chi connectivity index (χ1v) is 6.13. The first-order valence-electron chi connectivity index (χ1n) is 6.13. The van der Waals surface area contributed by atoms with Gasteiger partial charge in [0.1, 0.15) is 5.76 Å². The number of rotatable bonds is 7. The number of carbonyl (C=O) groups excluding carboxylic acids is 1. The molecule has 0 aliphatic heterocycles. The Bertz CT molecular complexity index is 320. The Hall–Kier alpha value is -1.29. The number of hydrogen-bond donors (Lipinski definition) is 2. The molecule has 1 atom stereocenters. The molecule has 0 aliphatic carbocycles. The topological polar surface area (TPSA) is 54.3 Å². The maximum Gasteiger partial charge on any atom is 0.221 e. The van der Waals surface area contributed by atoms with Gasteiger partial charge in [0.2, 0.25) is 5.91 Å². The average molecular weight is 238 g/mol. The van der Waals surface area contributed by atoms with Gasteiger partial charge in [0.15, 0.2) is 0 Å². The molecule has 1 aromatic heterocycles. The molecule has 2 N–H and O–H groups in total. The summed E-state index contributed by atoms with van der Waals surface area (Å²) >= 11 is 0. The van der Waals surface area contributed by atoms with Crippen molar-refractivity contribution in [3.8, 4) is 0 Å². The fourth-order valence-electron chi connectivity index (χ4n) is 1.60. The van der Waals surface area contributed by atoms with Gasteiger partial charge in [-0.1, -0.05) is 13.8 Å². The van der Waals surface area contributed by atoms with E-state index in [0.717, 1.165) is 18.7 Å². The molecule has 4 nitrogen and oxygen atoms in total. The summed E-state index contributed by atoms with van der Waals surface area (Å²) in [5, 5.41) is 6.17. The second-order valence-corrected chi connectivity index (χ2v) is 4.61. The van der Waals surface area contributed by atoms with Gasteiger partial charge in [-0.2, -0.15) is 0 Å². The van der Waals surface area contributed by atoms with Gasteiger partial charge in [0.25, 0.3) is 0 Å². The van der Waals surface area contributed by atoms with Gasteiger partial charge in [0, 0.05) is 31.5 Å². The molecule has 96 valence electrons. The first-order chi connectivity index (χ1) is 8.08. The van der Waals surface area contributed by atoms with Crippen LogP contribution in [0.3, 0.4) is 0 Å². The molecule has 1 heterocycles. The molecule has 4 heteroatoms. The van der Waals surface area contributed by atoms with E-state index in [1.165, 1.54) is 0 Å². The Morgan fingerprint density at radius 1 is 1.41 bits per heavy atom. The van der Waals surface area contributed by atoms with Crippen LogP contribution in [0, 0.1) is 0 Å². The van der Waals surface area contributed by atoms with Gasteiger partial charge in [-0.3, -0.25) is 4.79 Å². The maximum atomic E-state index is 11.6. The molecule has 1 aromatic rings. The number of amides is 1. The fraction of sp³-hybridized carbons (Fsp3) is 0.615. The molecule has 0 fully saturated rings. The van der Waals surface area contributed by atoms with Gasteiger partial charge < -0.3 is 15.1 Å². The lowest BCUT2D eigenvalue weighted by atomic mass is 10.2. The largest absolute Gasteiger partial charge is 0.469 e. The Morgan fingerprint density at radius 2 is 2.18 bits per heavy atom. The second-order valence-electron chi connectivity index (χ2n) is 4.61. The molecule has 0 aromatic carbocycles. The molecule has 0 bridgehead atoms. The van der Waals surface area contributed by atoms with E-state index < -0.39 is 0 Å². The van der Waals surface area contributed by atoms with E-state index in [2.05, 4.69) is 24.5 Å². The van der Waals surface area contributed by atoms with Crippen LogP contribution >= 0.6 is 0 Å². The predicted molar refractivity (Wildman–Crippen MR) is 67.8 cm³/mol. The van der Waals surface area contributed by atoms with Crippen LogP contribution in [0.25, 0.3) is 0 Å². The molecule has 0 saturated heterocycles. The minimum atomic E-state index is 0.0807. The van der Waals surface area contributed by atoms with Crippen molar-refractivity contribution in [2.75, 3.05) is 6.54 Å². The van der Waals surface area contributed by atoms with E-state index >= 15 is 0 Å². The monoisotopic (exact) mass is 238 g/mol. The number of carbonyl (C=O) groups is 1. The van der Waals surface area contributed by atoms with E-state index in [9.17, 15) is 4.79 Å². The van der Waals surface area contributed by atoms with Crippen LogP contribution in [0.15, 0.2) is 22.8 Å². The van der Waals surface area contributed by atoms with E-state index in [4.69, 9.17) is 4.42 Å². The molecular weight excluding hydrogens is 216 g/mol. The van der Waals surface area contributed by atoms with Gasteiger partial charge in [-0.15, -0.1) is 0 Å². The van der Waals surface area contributed by atoms with Crippen molar-refractivity contribution < 1.29 is 9.21 Å². The molecule has 1 unspecified atom stereocenters. The highest BCUT2D eigenvalue weighted by atomic mass is 16.3. The lowest BCUT2D eigenvalue weighted by molar-refractivity contribution is -0.121. The van der Waals surface area contributed by atoms with Crippen molar-refractivity contribution in [2.45, 2.75) is 45.7 Å². The Balaban J connectivity index is 2.17. The summed E-state index contributed by atoms with van der Waals surface area (Å²) in [4.78, 5) is 11.6. The highest BCUT2D eigenvalue weighted by Gasteiger charge is 2.09. The quantitative estimate of drug-likeness (QED) is 0.760. The minimum Gasteiger partial charge on any atom is -0.469 e. The van der Waals surface area contributed by atoms with Crippen molar-refractivity contribution in [3.63, 3.8) is 0 Å². The summed E-state index contributed by atoms with van der Waals surface area (Å²) in [7, 11) is 0. The smallest absolute Gasteiger partial charge is 0.221 e. The highest BCUT2D eigenvalue weighted by Crippen LogP contribution is 2.03. The van der Waals surface area contributed by atoms with Crippen LogP contribution in [0.1, 0.15) is 33.0 Å². The van der Waals surface area contributed by atoms with Crippen LogP contribution in [0.2, 0.25) is 0 Å². The highest BCUT2D eigenvalue weighted by molar-refractivity contribution is 5.76. The summed E-state index contributed by atoms with van der Waals surface area (Å²) < 4.78 is 5.23. The van der Waals surface area contributed by atoms with Crippen molar-refractivity contribution in [1.29, 1.82) is 0 Å². The van der Waals surface area contributed by atoms with Gasteiger partial charge in [-0.25, -0.2) is 0 Å². The Morgan fingerprint density at radius 3 is 2.76 bits per heavy atom. The molecule has 17 heavy (non-hydrogen) atoms. The number of hydrogen-bond acceptors (Lipinski definition) is 3. The van der Waals surface area contributed by atoms with Crippen molar-refractivity contribution in [3.05, 3.63) is 24.2 Å². The minimum absolute atomic E-state index is 0.0807. The fourth-order valence-corrected chi connectivity index (χ4v) is 1.60. The Labute approximate surface area is 103 Å². The summed E-state index contributed by atoms with van der Waals surface area (Å²) in [6.07, 6.45) is 2.90. The zero-order valence-electron chi connectivity index (χ0n) is 10.8. The maximum absolute atomic E-state index is 11.6. The zero-order valence-corrected chi connectivity index (χ0v) is 10.8. The van der Waals surface area contributed by atoms with E-state index in [1.54, 1.807) is 6.26 Å². The van der Waals surface area contributed by atoms with Crippen molar-refractivity contribution >= 4 is 5.91 Å². The Kier molecular flexibility index (Phi) is 5.77. The summed E-state index contributed by atoms with van der Waals surface area (Å²) in [5.41, 5.74) is 0. The number of nitrogens with one attached hydrogen (secondary N) is 2. The van der Waals surface area contributed by atoms with Gasteiger partial charge >= 0.3 is 0 Å². The molecule has 0 saturated carbocycles. The molecule has 1 rings (SSSR count). The van der Waals surface area contributed by atoms with Crippen LogP contribution in [-0.4, -0.2) is 24.5 Å². The van der Waals surface area contributed by atoms with E-state index in [-0.39, 0.29) is 11.9 Å². The molecule has 1 amide bonds. The van der Waals surface area contributed by atoms with E-state index in [0.29, 0.717) is 12.5 Å². The predicted octanol–water partition coefficient (Wildman–Crippen LogP) is 1.71. The summed E-state index contributed by atoms with van der Waals surface area (Å²) in [6.45, 7) is 6.84. The van der Waals surface area contributed by atoms with Gasteiger partial charge in [0.05, 0.1) is 6.26 Å². The van der Waals surface area contributed by atoms with Crippen LogP contribution in [-0.2, 0) is 11.2 Å². The van der Waals surface area contributed by atoms with Gasteiger partial charge in [-0.05, 0) is 19.1 Å². The lowest BCUT2D eigenvalue weighted by Crippen LogP contribution is -2.36. The SMILES string of the molecule is CC(C)NCCC(=O)NC(C)Cc1ccco1. The zero-order chi connectivity index (χ0) is 12.7. The molecule has 0 aliphatic rings. The van der Waals surface area contributed by atoms with Crippen LogP contribution < -0.4 is 10.6 Å². The third-order valence-corrected chi connectivity index (χ3v) is 2.40. The normalized spacial score (nSPS) is 12.7. The summed E-state index contributed by atoms with van der Waals surface area (Å²) in [6, 6.07) is 4.30. The second kappa shape index (κ2) is 7.12. The lowest BCUT2D eigenvalue weighted by Gasteiger charge is -2.13. The third-order valence-electron chi connectivity index (χ3n) is 2.40. The van der Waals surface area contributed by atoms with E-state index in [1.807, 2.05) is 19.1 Å². The van der Waals surface area contributed by atoms with Crippen LogP contribution in [0.5, 0.6) is 0 Å². The summed E-state index contributed by atoms with van der Waals surface area (Å²) in [5.74, 6) is 0.982. The average Bonchev–Trinajstić information content (AvgIpc) is 2.69. The van der Waals surface area contributed by atoms with Crippen molar-refractivity contribution in [1.82, 2.24) is 10.6 Å². The first kappa shape index (κ1) is 13.8. The van der Waals surface area contributed by atoms with Crippen LogP contribution in [0.4, 0.5) is 0 Å². The standard InChI is InChI=1S/C13H22N2O2/c1-10(2)14-7-6-13(16)15-11(3)9-12-5-4-8-17-12/h4-5,8,10-11,14H,6-7,9H2,1-3H3,(H,15,16). The molecular formula is C13H22N2O2. The van der Waals surface area contributed by atoms with Crippen molar-refractivity contribution in [2.24, 2.45) is 0 Å². The third kappa shape index (κ3) is 6.12. The molecule has 0 radical (unpaired) electrons. The molecule has 0 spiro atoms.